The number of benzene rings is 1. The minimum Gasteiger partial charge on any atom is -0.445 e. The number of ether oxygens (including phenoxy) is 1. The molecule has 2 saturated heterocycles. The first-order valence-corrected chi connectivity index (χ1v) is 15.1. The maximum Gasteiger partial charge on any atom is 0.410 e. The minimum absolute atomic E-state index is 0.0411. The predicted octanol–water partition coefficient (Wildman–Crippen LogP) is 2.06. The molecular formula is C22H24Cl2N4O7S2. The summed E-state index contributed by atoms with van der Waals surface area (Å²) in [5, 5.41) is 0.908. The first-order valence-electron chi connectivity index (χ1n) is 11.1. The molecular weight excluding hydrogens is 567 g/mol. The number of amides is 2. The number of anilines is 1. The van der Waals surface area contributed by atoms with E-state index in [-0.39, 0.29) is 35.7 Å². The SMILES string of the molecule is CS(=O)(=O)CN(c1ccc(C(=O)N2C[C@H]3CN(C(=O)OCc4cc(Cl)cc(Cl)c4)C[C@H]3C2)nc1)[SH](=O)=O. The number of thiol groups is 1. The average molecular weight is 591 g/mol. The van der Waals surface area contributed by atoms with Crippen LogP contribution in [0.3, 0.4) is 0 Å². The summed E-state index contributed by atoms with van der Waals surface area (Å²) in [6.45, 7) is 1.82. The second kappa shape index (κ2) is 11.0. The molecule has 0 bridgehead atoms. The predicted molar refractivity (Wildman–Crippen MR) is 138 cm³/mol. The summed E-state index contributed by atoms with van der Waals surface area (Å²) >= 11 is 12.0. The summed E-state index contributed by atoms with van der Waals surface area (Å²) in [6.07, 6.45) is 1.63. The van der Waals surface area contributed by atoms with Gasteiger partial charge in [0.05, 0.1) is 11.9 Å². The maximum atomic E-state index is 13.0. The van der Waals surface area contributed by atoms with Gasteiger partial charge in [-0.1, -0.05) is 23.2 Å². The van der Waals surface area contributed by atoms with Crippen molar-refractivity contribution in [3.8, 4) is 0 Å². The van der Waals surface area contributed by atoms with Crippen molar-refractivity contribution in [2.75, 3.05) is 42.6 Å². The molecule has 0 radical (unpaired) electrons. The van der Waals surface area contributed by atoms with Crippen LogP contribution in [0.2, 0.25) is 10.0 Å². The van der Waals surface area contributed by atoms with Crippen molar-refractivity contribution in [2.24, 2.45) is 11.8 Å². The molecule has 0 spiro atoms. The molecule has 2 amide bonds. The maximum absolute atomic E-state index is 13.0. The lowest BCUT2D eigenvalue weighted by molar-refractivity contribution is 0.0759. The third-order valence-corrected chi connectivity index (χ3v) is 8.26. The van der Waals surface area contributed by atoms with Crippen molar-refractivity contribution >= 4 is 61.6 Å². The van der Waals surface area contributed by atoms with Crippen LogP contribution in [-0.4, -0.2) is 81.9 Å². The molecule has 0 saturated carbocycles. The van der Waals surface area contributed by atoms with Crippen molar-refractivity contribution < 1.29 is 31.2 Å². The highest BCUT2D eigenvalue weighted by Gasteiger charge is 2.43. The fourth-order valence-corrected chi connectivity index (χ4v) is 6.98. The average Bonchev–Trinajstić information content (AvgIpc) is 3.39. The Morgan fingerprint density at radius 3 is 2.16 bits per heavy atom. The van der Waals surface area contributed by atoms with E-state index in [2.05, 4.69) is 4.98 Å². The topological polar surface area (TPSA) is 134 Å². The molecule has 2 fully saturated rings. The Hall–Kier alpha value is -2.61. The number of nitrogens with zero attached hydrogens (tertiary/aromatic N) is 4. The normalized spacial score (nSPS) is 19.2. The fourth-order valence-electron chi connectivity index (χ4n) is 4.50. The number of hydrogen-bond donors (Lipinski definition) is 1. The lowest BCUT2D eigenvalue weighted by Gasteiger charge is -2.22. The number of carbonyl (C=O) groups is 2. The third-order valence-electron chi connectivity index (χ3n) is 6.14. The van der Waals surface area contributed by atoms with Crippen LogP contribution in [0, 0.1) is 11.8 Å². The number of hydrogen-bond acceptors (Lipinski definition) is 8. The zero-order chi connectivity index (χ0) is 26.9. The third kappa shape index (κ3) is 6.83. The number of aromatic nitrogens is 1. The largest absolute Gasteiger partial charge is 0.445 e. The number of carbonyl (C=O) groups excluding carboxylic acids is 2. The Morgan fingerprint density at radius 2 is 1.65 bits per heavy atom. The highest BCUT2D eigenvalue weighted by molar-refractivity contribution is 7.91. The van der Waals surface area contributed by atoms with Crippen LogP contribution < -0.4 is 4.31 Å². The lowest BCUT2D eigenvalue weighted by atomic mass is 10.0. The Bertz CT molecular complexity index is 1340. The molecule has 200 valence electrons. The van der Waals surface area contributed by atoms with Gasteiger partial charge in [-0.25, -0.2) is 26.6 Å². The van der Waals surface area contributed by atoms with Crippen molar-refractivity contribution in [3.05, 3.63) is 57.8 Å². The van der Waals surface area contributed by atoms with Gasteiger partial charge in [0.1, 0.15) is 18.2 Å². The summed E-state index contributed by atoms with van der Waals surface area (Å²) in [7, 11) is -6.81. The minimum atomic E-state index is -3.61. The van der Waals surface area contributed by atoms with Crippen molar-refractivity contribution in [2.45, 2.75) is 6.61 Å². The molecule has 1 aromatic heterocycles. The van der Waals surface area contributed by atoms with E-state index in [9.17, 15) is 26.4 Å². The summed E-state index contributed by atoms with van der Waals surface area (Å²) in [4.78, 5) is 32.8. The van der Waals surface area contributed by atoms with E-state index in [0.717, 1.165) is 12.5 Å². The number of halogens is 2. The smallest absolute Gasteiger partial charge is 0.410 e. The number of pyridine rings is 1. The first-order chi connectivity index (χ1) is 17.4. The van der Waals surface area contributed by atoms with Crippen LogP contribution in [-0.2, 0) is 32.1 Å². The number of sulfone groups is 1. The second-order valence-corrected chi connectivity index (χ2v) is 13.0. The summed E-state index contributed by atoms with van der Waals surface area (Å²) in [6, 6.07) is 7.65. The zero-order valence-corrected chi connectivity index (χ0v) is 22.8. The van der Waals surface area contributed by atoms with Gasteiger partial charge >= 0.3 is 6.09 Å². The van der Waals surface area contributed by atoms with Gasteiger partial charge in [-0.15, -0.1) is 0 Å². The number of rotatable bonds is 7. The Labute approximate surface area is 225 Å². The van der Waals surface area contributed by atoms with Crippen LogP contribution in [0.5, 0.6) is 0 Å². The van der Waals surface area contributed by atoms with Crippen LogP contribution in [0.25, 0.3) is 0 Å². The van der Waals surface area contributed by atoms with Crippen molar-refractivity contribution in [1.82, 2.24) is 14.8 Å². The monoisotopic (exact) mass is 590 g/mol. The highest BCUT2D eigenvalue weighted by atomic mass is 35.5. The molecule has 15 heteroatoms. The van der Waals surface area contributed by atoms with Gasteiger partial charge in [-0.3, -0.25) is 9.10 Å². The Morgan fingerprint density at radius 1 is 1.05 bits per heavy atom. The first kappa shape index (κ1) is 27.4. The molecule has 1 aromatic carbocycles. The van der Waals surface area contributed by atoms with Crippen LogP contribution in [0.1, 0.15) is 16.1 Å². The summed E-state index contributed by atoms with van der Waals surface area (Å²) < 4.78 is 52.1. The van der Waals surface area contributed by atoms with Gasteiger partial charge in [0.25, 0.3) is 5.91 Å². The molecule has 37 heavy (non-hydrogen) atoms. The van der Waals surface area contributed by atoms with Crippen molar-refractivity contribution in [1.29, 1.82) is 0 Å². The molecule has 4 rings (SSSR count). The van der Waals surface area contributed by atoms with Crippen LogP contribution >= 0.6 is 23.2 Å². The Kier molecular flexibility index (Phi) is 8.17. The van der Waals surface area contributed by atoms with E-state index < -0.39 is 32.7 Å². The second-order valence-electron chi connectivity index (χ2n) is 9.06. The molecule has 2 aromatic rings. The van der Waals surface area contributed by atoms with Gasteiger partial charge in [0.15, 0.2) is 9.84 Å². The zero-order valence-electron chi connectivity index (χ0n) is 19.6. The molecule has 2 atom stereocenters. The summed E-state index contributed by atoms with van der Waals surface area (Å²) in [5.41, 5.74) is 0.841. The van der Waals surface area contributed by atoms with E-state index in [0.29, 0.717) is 46.1 Å². The number of fused-ring (bicyclic) bond motifs is 1. The van der Waals surface area contributed by atoms with Gasteiger partial charge in [-0.2, -0.15) is 0 Å². The van der Waals surface area contributed by atoms with Crippen LogP contribution in [0.15, 0.2) is 36.5 Å². The van der Waals surface area contributed by atoms with E-state index in [1.807, 2.05) is 0 Å². The van der Waals surface area contributed by atoms with Gasteiger partial charge < -0.3 is 14.5 Å². The van der Waals surface area contributed by atoms with E-state index in [4.69, 9.17) is 27.9 Å². The van der Waals surface area contributed by atoms with E-state index >= 15 is 0 Å². The van der Waals surface area contributed by atoms with Crippen LogP contribution in [0.4, 0.5) is 10.5 Å². The lowest BCUT2D eigenvalue weighted by Crippen LogP contribution is -2.36. The van der Waals surface area contributed by atoms with Gasteiger partial charge in [-0.05, 0) is 35.9 Å². The molecule has 3 heterocycles. The molecule has 11 nitrogen and oxygen atoms in total. The van der Waals surface area contributed by atoms with E-state index in [1.165, 1.54) is 12.1 Å². The standard InChI is InChI=1S/C22H24Cl2N4O7S2/c1-37(33,34)13-28(36(31)32)19-2-3-20(25-7-19)21(29)26-8-15-10-27(11-16(15)9-26)22(30)35-12-14-4-17(23)6-18(24)5-14/h2-7,15-16,36H,8-13H2,1H3/t15-,16+. The van der Waals surface area contributed by atoms with Crippen molar-refractivity contribution in [3.63, 3.8) is 0 Å². The molecule has 0 N–H and O–H groups in total. The van der Waals surface area contributed by atoms with E-state index in [1.54, 1.807) is 28.0 Å². The van der Waals surface area contributed by atoms with Gasteiger partial charge in [0.2, 0.25) is 10.9 Å². The van der Waals surface area contributed by atoms with Gasteiger partial charge in [0, 0.05) is 54.3 Å². The molecule has 2 aliphatic rings. The summed E-state index contributed by atoms with van der Waals surface area (Å²) in [5.74, 6) is -0.867. The quantitative estimate of drug-likeness (QED) is 0.484. The Balaban J connectivity index is 1.31. The highest BCUT2D eigenvalue weighted by Crippen LogP contribution is 2.32. The number of likely N-dealkylation sites (tertiary alicyclic amines) is 2. The molecule has 2 aliphatic heterocycles. The molecule has 0 unspecified atom stereocenters. The molecule has 0 aliphatic carbocycles. The fraction of sp³-hybridized carbons (Fsp3) is 0.409.